The van der Waals surface area contributed by atoms with Crippen LogP contribution in [-0.4, -0.2) is 11.2 Å². The van der Waals surface area contributed by atoms with Gasteiger partial charge in [-0.25, -0.2) is 0 Å². The number of alkyl halides is 3. The summed E-state index contributed by atoms with van der Waals surface area (Å²) >= 11 is 0. The molecule has 5 heteroatoms. The van der Waals surface area contributed by atoms with Gasteiger partial charge in [0, 0.05) is 11.6 Å². The molecule has 0 bridgehead atoms. The highest BCUT2D eigenvalue weighted by Crippen LogP contribution is 2.33. The number of fused-ring (bicyclic) bond motifs is 1. The second-order valence-corrected chi connectivity index (χ2v) is 3.44. The molecule has 2 nitrogen and oxygen atoms in total. The molecule has 2 rings (SSSR count). The van der Waals surface area contributed by atoms with E-state index in [0.717, 1.165) is 0 Å². The van der Waals surface area contributed by atoms with Crippen molar-refractivity contribution >= 4 is 10.9 Å². The van der Waals surface area contributed by atoms with Gasteiger partial charge in [-0.1, -0.05) is 18.2 Å². The summed E-state index contributed by atoms with van der Waals surface area (Å²) in [6.45, 7) is 0. The van der Waals surface area contributed by atoms with Crippen molar-refractivity contribution < 1.29 is 13.2 Å². The van der Waals surface area contributed by atoms with Gasteiger partial charge in [0.25, 0.3) is 0 Å². The van der Waals surface area contributed by atoms with E-state index in [9.17, 15) is 13.2 Å². The van der Waals surface area contributed by atoms with Crippen molar-refractivity contribution in [2.24, 2.45) is 5.73 Å². The highest BCUT2D eigenvalue weighted by atomic mass is 19.4. The van der Waals surface area contributed by atoms with Crippen LogP contribution in [0.5, 0.6) is 0 Å². The van der Waals surface area contributed by atoms with Gasteiger partial charge in [-0.15, -0.1) is 0 Å². The molecule has 2 aromatic rings. The number of halogens is 3. The highest BCUT2D eigenvalue weighted by Gasteiger charge is 2.38. The number of aromatic nitrogens is 1. The smallest absolute Gasteiger partial charge is 0.316 e. The molecule has 2 N–H and O–H groups in total. The van der Waals surface area contributed by atoms with Crippen molar-refractivity contribution in [2.45, 2.75) is 12.2 Å². The SMILES string of the molecule is N[C@H](c1ccnc2ccccc12)C(F)(F)F. The first-order valence-electron chi connectivity index (χ1n) is 4.66. The van der Waals surface area contributed by atoms with Gasteiger partial charge in [0.2, 0.25) is 0 Å². The lowest BCUT2D eigenvalue weighted by molar-refractivity contribution is -0.148. The first kappa shape index (κ1) is 10.9. The van der Waals surface area contributed by atoms with E-state index in [1.54, 1.807) is 24.3 Å². The van der Waals surface area contributed by atoms with Crippen LogP contribution >= 0.6 is 0 Å². The lowest BCUT2D eigenvalue weighted by Crippen LogP contribution is -2.28. The molecule has 0 spiro atoms. The van der Waals surface area contributed by atoms with Crippen LogP contribution in [0.25, 0.3) is 10.9 Å². The fraction of sp³-hybridized carbons (Fsp3) is 0.182. The molecule has 1 aromatic carbocycles. The Morgan fingerprint density at radius 1 is 1.12 bits per heavy atom. The molecule has 0 amide bonds. The molecule has 0 aliphatic heterocycles. The molecule has 84 valence electrons. The van der Waals surface area contributed by atoms with Gasteiger partial charge < -0.3 is 5.73 Å². The van der Waals surface area contributed by atoms with E-state index < -0.39 is 12.2 Å². The summed E-state index contributed by atoms with van der Waals surface area (Å²) in [4.78, 5) is 3.98. The van der Waals surface area contributed by atoms with Crippen LogP contribution in [-0.2, 0) is 0 Å². The van der Waals surface area contributed by atoms with E-state index in [-0.39, 0.29) is 5.56 Å². The molecule has 0 radical (unpaired) electrons. The van der Waals surface area contributed by atoms with Crippen molar-refractivity contribution in [3.63, 3.8) is 0 Å². The normalized spacial score (nSPS) is 14.0. The standard InChI is InChI=1S/C11H9F3N2/c12-11(13,14)10(15)8-5-6-16-9-4-2-1-3-7(8)9/h1-6,10H,15H2/t10-/m1/s1. The molecule has 16 heavy (non-hydrogen) atoms. The number of pyridine rings is 1. The lowest BCUT2D eigenvalue weighted by atomic mass is 10.0. The summed E-state index contributed by atoms with van der Waals surface area (Å²) < 4.78 is 37.6. The van der Waals surface area contributed by atoms with Gasteiger partial charge in [-0.2, -0.15) is 13.2 Å². The molecule has 1 atom stereocenters. The molecule has 1 aromatic heterocycles. The van der Waals surface area contributed by atoms with Crippen molar-refractivity contribution in [1.82, 2.24) is 4.98 Å². The van der Waals surface area contributed by atoms with E-state index in [2.05, 4.69) is 4.98 Å². The number of hydrogen-bond donors (Lipinski definition) is 1. The van der Waals surface area contributed by atoms with Gasteiger partial charge in [0.05, 0.1) is 5.52 Å². The minimum Gasteiger partial charge on any atom is -0.316 e. The zero-order valence-corrected chi connectivity index (χ0v) is 8.20. The minimum absolute atomic E-state index is 0.0538. The van der Waals surface area contributed by atoms with Crippen LogP contribution in [0.4, 0.5) is 13.2 Å². The van der Waals surface area contributed by atoms with Crippen LogP contribution in [0.1, 0.15) is 11.6 Å². The number of benzene rings is 1. The zero-order chi connectivity index (χ0) is 11.8. The van der Waals surface area contributed by atoms with Crippen molar-refractivity contribution in [1.29, 1.82) is 0 Å². The summed E-state index contributed by atoms with van der Waals surface area (Å²) in [5.74, 6) is 0. The molecule has 0 aliphatic carbocycles. The second kappa shape index (κ2) is 3.75. The van der Waals surface area contributed by atoms with Crippen molar-refractivity contribution in [3.05, 3.63) is 42.1 Å². The topological polar surface area (TPSA) is 38.9 Å². The van der Waals surface area contributed by atoms with Crippen LogP contribution in [0.3, 0.4) is 0 Å². The maximum atomic E-state index is 12.5. The third kappa shape index (κ3) is 1.86. The van der Waals surface area contributed by atoms with Crippen LogP contribution < -0.4 is 5.73 Å². The Kier molecular flexibility index (Phi) is 2.55. The minimum atomic E-state index is -4.44. The summed E-state index contributed by atoms with van der Waals surface area (Å²) in [5.41, 5.74) is 5.75. The van der Waals surface area contributed by atoms with E-state index in [4.69, 9.17) is 5.73 Å². The third-order valence-electron chi connectivity index (χ3n) is 2.37. The molecule has 0 saturated carbocycles. The maximum Gasteiger partial charge on any atom is 0.407 e. The summed E-state index contributed by atoms with van der Waals surface area (Å²) in [6, 6.07) is 5.96. The van der Waals surface area contributed by atoms with Gasteiger partial charge in [0.15, 0.2) is 0 Å². The van der Waals surface area contributed by atoms with E-state index in [1.807, 2.05) is 0 Å². The number of para-hydroxylation sites is 1. The lowest BCUT2D eigenvalue weighted by Gasteiger charge is -2.17. The molecule has 0 saturated heterocycles. The molecule has 0 unspecified atom stereocenters. The maximum absolute atomic E-state index is 12.5. The first-order valence-corrected chi connectivity index (χ1v) is 4.66. The summed E-state index contributed by atoms with van der Waals surface area (Å²) in [7, 11) is 0. The predicted molar refractivity (Wildman–Crippen MR) is 54.7 cm³/mol. The van der Waals surface area contributed by atoms with E-state index in [0.29, 0.717) is 10.9 Å². The van der Waals surface area contributed by atoms with Crippen molar-refractivity contribution in [2.75, 3.05) is 0 Å². The quantitative estimate of drug-likeness (QED) is 0.812. The molecule has 0 aliphatic rings. The number of hydrogen-bond acceptors (Lipinski definition) is 2. The number of nitrogens with two attached hydrogens (primary N) is 1. The third-order valence-corrected chi connectivity index (χ3v) is 2.37. The Hall–Kier alpha value is -1.62. The van der Waals surface area contributed by atoms with E-state index in [1.165, 1.54) is 12.3 Å². The average Bonchev–Trinajstić information content (AvgIpc) is 2.26. The number of nitrogens with zero attached hydrogens (tertiary/aromatic N) is 1. The number of rotatable bonds is 1. The summed E-state index contributed by atoms with van der Waals surface area (Å²) in [6.07, 6.45) is -3.10. The largest absolute Gasteiger partial charge is 0.407 e. The molecule has 0 fully saturated rings. The summed E-state index contributed by atoms with van der Waals surface area (Å²) in [5, 5.41) is 0.440. The Bertz CT molecular complexity index is 503. The van der Waals surface area contributed by atoms with Gasteiger partial charge in [-0.3, -0.25) is 4.98 Å². The molecule has 1 heterocycles. The predicted octanol–water partition coefficient (Wildman–Crippen LogP) is 2.80. The monoisotopic (exact) mass is 226 g/mol. The molecular formula is C11H9F3N2. The Balaban J connectivity index is 2.61. The van der Waals surface area contributed by atoms with Crippen LogP contribution in [0.2, 0.25) is 0 Å². The molecular weight excluding hydrogens is 217 g/mol. The fourth-order valence-corrected chi connectivity index (χ4v) is 1.57. The Labute approximate surface area is 89.9 Å². The fourth-order valence-electron chi connectivity index (χ4n) is 1.57. The van der Waals surface area contributed by atoms with Gasteiger partial charge in [0.1, 0.15) is 6.04 Å². The highest BCUT2D eigenvalue weighted by molar-refractivity contribution is 5.82. The van der Waals surface area contributed by atoms with Gasteiger partial charge in [-0.05, 0) is 17.7 Å². The second-order valence-electron chi connectivity index (χ2n) is 3.44. The van der Waals surface area contributed by atoms with Crippen LogP contribution in [0.15, 0.2) is 36.5 Å². The van der Waals surface area contributed by atoms with E-state index >= 15 is 0 Å². The van der Waals surface area contributed by atoms with Gasteiger partial charge >= 0.3 is 6.18 Å². The average molecular weight is 226 g/mol. The Morgan fingerprint density at radius 2 is 1.81 bits per heavy atom. The van der Waals surface area contributed by atoms with Crippen LogP contribution in [0, 0.1) is 0 Å². The first-order chi connectivity index (χ1) is 7.50. The van der Waals surface area contributed by atoms with Crippen molar-refractivity contribution in [3.8, 4) is 0 Å². The zero-order valence-electron chi connectivity index (χ0n) is 8.20. The Morgan fingerprint density at radius 3 is 2.50 bits per heavy atom.